The summed E-state index contributed by atoms with van der Waals surface area (Å²) in [4.78, 5) is 67.4. The van der Waals surface area contributed by atoms with Crippen molar-refractivity contribution >= 4 is 29.8 Å². The molecule has 4 rings (SSSR count). The standard InChI is InChI=1S/C32H45N3O9/c1-31(2,3)26-25(36)21-13-20(14-22(21)28(38)39)43-30(41)35-15-19-10-7-9-18(23(19)16-35)11-8-12-42-17-24(27(37)34-26)33-29(40)44-32(4,5)6/h7,9-10,20-22,24,26H,8,11-17H2,1-6H3,(H,33,40)(H,34,37)(H,38,39)/t20-,21?,22+,24-,26+/m0/s1. The van der Waals surface area contributed by atoms with Crippen molar-refractivity contribution in [2.45, 2.75) is 104 Å². The van der Waals surface area contributed by atoms with E-state index in [2.05, 4.69) is 10.6 Å². The molecule has 3 aliphatic rings. The minimum atomic E-state index is -1.17. The molecule has 1 aliphatic carbocycles. The first kappa shape index (κ1) is 33.2. The second kappa shape index (κ2) is 13.1. The summed E-state index contributed by atoms with van der Waals surface area (Å²) in [5.41, 5.74) is 1.52. The van der Waals surface area contributed by atoms with Crippen LogP contribution in [0.3, 0.4) is 0 Å². The van der Waals surface area contributed by atoms with Gasteiger partial charge in [-0.15, -0.1) is 0 Å². The minimum absolute atomic E-state index is 0.00894. The number of carbonyl (C=O) groups is 5. The number of aliphatic carboxylic acids is 1. The average molecular weight is 616 g/mol. The molecule has 4 bridgehead atoms. The Morgan fingerprint density at radius 2 is 1.75 bits per heavy atom. The SMILES string of the molecule is CC(C)(C)OC(=O)N[C@H]1COCCCc2cccc3c2CN(C3)C(=O)O[C@H]2CC(C(=O)[C@H](C(C)(C)C)NC1=O)[C@H](C(=O)O)C2. The van der Waals surface area contributed by atoms with E-state index in [1.165, 1.54) is 0 Å². The van der Waals surface area contributed by atoms with E-state index < -0.39 is 70.9 Å². The van der Waals surface area contributed by atoms with Crippen molar-refractivity contribution in [3.63, 3.8) is 0 Å². The number of ketones is 1. The molecule has 12 nitrogen and oxygen atoms in total. The molecule has 3 N–H and O–H groups in total. The van der Waals surface area contributed by atoms with Crippen LogP contribution in [0.25, 0.3) is 0 Å². The van der Waals surface area contributed by atoms with Crippen molar-refractivity contribution in [1.29, 1.82) is 0 Å². The zero-order chi connectivity index (χ0) is 32.4. The first-order valence-electron chi connectivity index (χ1n) is 15.2. The first-order valence-corrected chi connectivity index (χ1v) is 15.2. The lowest BCUT2D eigenvalue weighted by atomic mass is 9.77. The molecule has 0 radical (unpaired) electrons. The van der Waals surface area contributed by atoms with E-state index in [4.69, 9.17) is 14.2 Å². The molecule has 0 spiro atoms. The molecule has 44 heavy (non-hydrogen) atoms. The molecule has 1 saturated carbocycles. The molecular weight excluding hydrogens is 570 g/mol. The number of benzene rings is 1. The largest absolute Gasteiger partial charge is 0.481 e. The third-order valence-electron chi connectivity index (χ3n) is 8.27. The summed E-state index contributed by atoms with van der Waals surface area (Å²) in [6.07, 6.45) is -0.807. The maximum absolute atomic E-state index is 14.0. The number of alkyl carbamates (subject to hydrolysis) is 1. The van der Waals surface area contributed by atoms with Crippen molar-refractivity contribution in [1.82, 2.24) is 15.5 Å². The van der Waals surface area contributed by atoms with Crippen LogP contribution < -0.4 is 10.6 Å². The number of carboxylic acids is 1. The first-order chi connectivity index (χ1) is 20.5. The molecule has 12 heteroatoms. The van der Waals surface area contributed by atoms with Gasteiger partial charge in [0.05, 0.1) is 18.6 Å². The predicted molar refractivity (Wildman–Crippen MR) is 158 cm³/mol. The molecule has 0 saturated heterocycles. The zero-order valence-corrected chi connectivity index (χ0v) is 26.4. The van der Waals surface area contributed by atoms with Gasteiger partial charge in [-0.1, -0.05) is 39.0 Å². The summed E-state index contributed by atoms with van der Waals surface area (Å²) in [5.74, 6) is -4.37. The Morgan fingerprint density at radius 1 is 1.05 bits per heavy atom. The number of aryl methyl sites for hydroxylation is 1. The van der Waals surface area contributed by atoms with E-state index >= 15 is 0 Å². The van der Waals surface area contributed by atoms with Gasteiger partial charge in [0.2, 0.25) is 5.91 Å². The number of ether oxygens (including phenoxy) is 3. The van der Waals surface area contributed by atoms with Crippen molar-refractivity contribution < 1.29 is 43.3 Å². The monoisotopic (exact) mass is 615 g/mol. The van der Waals surface area contributed by atoms with Crippen LogP contribution in [0.15, 0.2) is 18.2 Å². The van der Waals surface area contributed by atoms with Crippen LogP contribution in [-0.2, 0) is 48.1 Å². The summed E-state index contributed by atoms with van der Waals surface area (Å²) >= 11 is 0. The molecule has 1 aromatic rings. The average Bonchev–Trinajstić information content (AvgIpc) is 3.53. The lowest BCUT2D eigenvalue weighted by molar-refractivity contribution is -0.147. The lowest BCUT2D eigenvalue weighted by Crippen LogP contribution is -2.58. The van der Waals surface area contributed by atoms with Crippen LogP contribution in [0, 0.1) is 17.3 Å². The maximum atomic E-state index is 14.0. The van der Waals surface area contributed by atoms with Crippen LogP contribution >= 0.6 is 0 Å². The number of nitrogens with zero attached hydrogens (tertiary/aromatic N) is 1. The summed E-state index contributed by atoms with van der Waals surface area (Å²) in [5, 5.41) is 15.4. The predicted octanol–water partition coefficient (Wildman–Crippen LogP) is 3.57. The Labute approximate surface area is 258 Å². The third-order valence-corrected chi connectivity index (χ3v) is 8.27. The molecule has 0 aromatic heterocycles. The van der Waals surface area contributed by atoms with Crippen LogP contribution in [0.2, 0.25) is 0 Å². The molecule has 3 amide bonds. The van der Waals surface area contributed by atoms with Gasteiger partial charge in [-0.2, -0.15) is 0 Å². The topological polar surface area (TPSA) is 161 Å². The highest BCUT2D eigenvalue weighted by Gasteiger charge is 2.49. The molecule has 242 valence electrons. The zero-order valence-electron chi connectivity index (χ0n) is 26.4. The summed E-state index contributed by atoms with van der Waals surface area (Å²) in [7, 11) is 0. The molecule has 2 heterocycles. The smallest absolute Gasteiger partial charge is 0.410 e. The normalized spacial score (nSPS) is 27.0. The second-order valence-corrected chi connectivity index (χ2v) is 14.0. The highest BCUT2D eigenvalue weighted by molar-refractivity contribution is 5.96. The van der Waals surface area contributed by atoms with E-state index in [1.807, 2.05) is 18.2 Å². The molecule has 5 atom stereocenters. The van der Waals surface area contributed by atoms with E-state index in [9.17, 15) is 29.1 Å². The van der Waals surface area contributed by atoms with Gasteiger partial charge in [0.1, 0.15) is 17.7 Å². The Hall–Kier alpha value is -3.67. The fourth-order valence-corrected chi connectivity index (χ4v) is 6.12. The maximum Gasteiger partial charge on any atom is 0.410 e. The van der Waals surface area contributed by atoms with E-state index in [1.54, 1.807) is 46.4 Å². The number of Topliss-reactive ketones (excluding diaryl/α,β-unsaturated/α-hetero) is 1. The van der Waals surface area contributed by atoms with Gasteiger partial charge in [0.25, 0.3) is 0 Å². The van der Waals surface area contributed by atoms with E-state index in [-0.39, 0.29) is 19.4 Å². The van der Waals surface area contributed by atoms with Gasteiger partial charge >= 0.3 is 18.2 Å². The van der Waals surface area contributed by atoms with Crippen molar-refractivity contribution in [2.75, 3.05) is 13.2 Å². The van der Waals surface area contributed by atoms with Gasteiger partial charge in [-0.3, -0.25) is 19.3 Å². The fourth-order valence-electron chi connectivity index (χ4n) is 6.12. The lowest BCUT2D eigenvalue weighted by Gasteiger charge is -2.34. The van der Waals surface area contributed by atoms with Crippen molar-refractivity contribution in [3.05, 3.63) is 34.9 Å². The number of carbonyl (C=O) groups excluding carboxylic acids is 4. The molecule has 1 unspecified atom stereocenters. The fraction of sp³-hybridized carbons (Fsp3) is 0.656. The number of hydrogen-bond acceptors (Lipinski definition) is 8. The Bertz CT molecular complexity index is 1280. The van der Waals surface area contributed by atoms with Crippen LogP contribution in [0.1, 0.15) is 77.5 Å². The van der Waals surface area contributed by atoms with Gasteiger partial charge in [-0.25, -0.2) is 9.59 Å². The summed E-state index contributed by atoms with van der Waals surface area (Å²) in [6, 6.07) is 3.65. The summed E-state index contributed by atoms with van der Waals surface area (Å²) < 4.78 is 17.0. The minimum Gasteiger partial charge on any atom is -0.481 e. The van der Waals surface area contributed by atoms with Gasteiger partial charge in [0, 0.05) is 25.6 Å². The number of nitrogens with one attached hydrogen (secondary N) is 2. The highest BCUT2D eigenvalue weighted by atomic mass is 16.6. The number of hydrogen-bond donors (Lipinski definition) is 3. The van der Waals surface area contributed by atoms with E-state index in [0.29, 0.717) is 32.5 Å². The van der Waals surface area contributed by atoms with Gasteiger partial charge < -0.3 is 30.0 Å². The number of carboxylic acid groups (broad SMARTS) is 1. The van der Waals surface area contributed by atoms with Gasteiger partial charge in [0.15, 0.2) is 5.78 Å². The number of fused-ring (bicyclic) bond motifs is 3. The third kappa shape index (κ3) is 8.08. The van der Waals surface area contributed by atoms with Crippen molar-refractivity contribution in [3.8, 4) is 0 Å². The second-order valence-electron chi connectivity index (χ2n) is 14.0. The quantitative estimate of drug-likeness (QED) is 0.452. The highest BCUT2D eigenvalue weighted by Crippen LogP contribution is 2.38. The Morgan fingerprint density at radius 3 is 2.41 bits per heavy atom. The molecule has 2 aliphatic heterocycles. The summed E-state index contributed by atoms with van der Waals surface area (Å²) in [6.45, 7) is 11.3. The number of rotatable bonds is 2. The van der Waals surface area contributed by atoms with E-state index in [0.717, 1.165) is 16.7 Å². The molecule has 1 fully saturated rings. The number of amides is 3. The molecular formula is C32H45N3O9. The van der Waals surface area contributed by atoms with Crippen molar-refractivity contribution in [2.24, 2.45) is 17.3 Å². The van der Waals surface area contributed by atoms with Crippen LogP contribution in [0.5, 0.6) is 0 Å². The Balaban J connectivity index is 1.64. The van der Waals surface area contributed by atoms with Crippen LogP contribution in [-0.4, -0.2) is 76.9 Å². The van der Waals surface area contributed by atoms with Crippen LogP contribution in [0.4, 0.5) is 9.59 Å². The molecule has 1 aromatic carbocycles. The Kier molecular flexibility index (Phi) is 9.92. The van der Waals surface area contributed by atoms with Gasteiger partial charge in [-0.05, 0) is 68.6 Å².